The predicted octanol–water partition coefficient (Wildman–Crippen LogP) is 4.99. The maximum Gasteiger partial charge on any atom is 0.259 e. The second-order valence-electron chi connectivity index (χ2n) is 8.45. The van der Waals surface area contributed by atoms with Crippen molar-refractivity contribution in [2.75, 3.05) is 5.32 Å². The summed E-state index contributed by atoms with van der Waals surface area (Å²) >= 11 is 3.58. The molecule has 2 heterocycles. The third-order valence-corrected chi connectivity index (χ3v) is 5.56. The lowest BCUT2D eigenvalue weighted by Crippen LogP contribution is -2.16. The van der Waals surface area contributed by atoms with Gasteiger partial charge in [0.25, 0.3) is 5.91 Å². The Morgan fingerprint density at radius 1 is 1.13 bits per heavy atom. The Morgan fingerprint density at radius 2 is 1.87 bits per heavy atom. The average Bonchev–Trinajstić information content (AvgIpc) is 3.27. The molecule has 4 rings (SSSR count). The van der Waals surface area contributed by atoms with Crippen molar-refractivity contribution in [1.29, 1.82) is 0 Å². The number of para-hydroxylation sites is 1. The molecule has 0 bridgehead atoms. The van der Waals surface area contributed by atoms with E-state index in [-0.39, 0.29) is 11.3 Å². The van der Waals surface area contributed by atoms with Crippen LogP contribution in [-0.2, 0) is 6.54 Å². The van der Waals surface area contributed by atoms with Gasteiger partial charge in [-0.3, -0.25) is 4.79 Å². The van der Waals surface area contributed by atoms with Crippen molar-refractivity contribution in [3.63, 3.8) is 0 Å². The van der Waals surface area contributed by atoms with E-state index in [2.05, 4.69) is 57.4 Å². The Labute approximate surface area is 183 Å². The molecule has 0 radical (unpaired) electrons. The van der Waals surface area contributed by atoms with Crippen molar-refractivity contribution in [2.24, 2.45) is 5.41 Å². The Hall–Kier alpha value is -3.00. The van der Waals surface area contributed by atoms with Gasteiger partial charge in [0.1, 0.15) is 5.52 Å². The van der Waals surface area contributed by atoms with Crippen LogP contribution >= 0.6 is 15.9 Å². The van der Waals surface area contributed by atoms with Gasteiger partial charge < -0.3 is 5.32 Å². The number of halogens is 1. The molecular formula is C22H23BrN6O. The van der Waals surface area contributed by atoms with Crippen molar-refractivity contribution >= 4 is 38.6 Å². The van der Waals surface area contributed by atoms with Crippen LogP contribution in [0.1, 0.15) is 36.8 Å². The molecule has 0 unspecified atom stereocenters. The highest BCUT2D eigenvalue weighted by Gasteiger charge is 2.20. The number of amides is 1. The number of hydrogen-bond donors (Lipinski definition) is 1. The highest BCUT2D eigenvalue weighted by atomic mass is 79.9. The lowest BCUT2D eigenvalue weighted by molar-refractivity contribution is 0.102. The molecular weight excluding hydrogens is 444 g/mol. The largest absolute Gasteiger partial charge is 0.321 e. The molecule has 0 fully saturated rings. The summed E-state index contributed by atoms with van der Waals surface area (Å²) in [6.07, 6.45) is 1.59. The number of fused-ring (bicyclic) bond motifs is 1. The van der Waals surface area contributed by atoms with E-state index in [1.54, 1.807) is 10.9 Å². The zero-order valence-corrected chi connectivity index (χ0v) is 18.9. The van der Waals surface area contributed by atoms with Crippen LogP contribution in [0.15, 0.2) is 53.1 Å². The monoisotopic (exact) mass is 466 g/mol. The topological polar surface area (TPSA) is 77.6 Å². The molecule has 0 saturated carbocycles. The van der Waals surface area contributed by atoms with Gasteiger partial charge >= 0.3 is 0 Å². The van der Waals surface area contributed by atoms with Gasteiger partial charge in [0, 0.05) is 6.54 Å². The normalized spacial score (nSPS) is 11.8. The minimum absolute atomic E-state index is 0.0798. The van der Waals surface area contributed by atoms with E-state index < -0.39 is 0 Å². The Kier molecular flexibility index (Phi) is 5.19. The summed E-state index contributed by atoms with van der Waals surface area (Å²) in [6.45, 7) is 9.09. The van der Waals surface area contributed by atoms with Gasteiger partial charge in [-0.25, -0.2) is 9.36 Å². The predicted molar refractivity (Wildman–Crippen MR) is 121 cm³/mol. The number of benzene rings is 2. The van der Waals surface area contributed by atoms with Crippen LogP contribution < -0.4 is 5.32 Å². The maximum absolute atomic E-state index is 12.9. The highest BCUT2D eigenvalue weighted by Crippen LogP contribution is 2.31. The lowest BCUT2D eigenvalue weighted by Gasteiger charge is -2.18. The van der Waals surface area contributed by atoms with Crippen LogP contribution in [0.2, 0.25) is 0 Å². The number of aromatic nitrogens is 5. The van der Waals surface area contributed by atoms with Crippen LogP contribution in [0.4, 0.5) is 5.69 Å². The average molecular weight is 467 g/mol. The molecule has 4 aromatic rings. The molecule has 0 atom stereocenters. The number of nitrogens with zero attached hydrogens (tertiary/aromatic N) is 5. The number of carbonyl (C=O) groups excluding carboxylic acids is 1. The van der Waals surface area contributed by atoms with E-state index in [0.29, 0.717) is 21.2 Å². The first-order chi connectivity index (χ1) is 14.2. The smallest absolute Gasteiger partial charge is 0.259 e. The third kappa shape index (κ3) is 3.87. The lowest BCUT2D eigenvalue weighted by atomic mass is 9.97. The van der Waals surface area contributed by atoms with E-state index in [1.165, 1.54) is 0 Å². The molecule has 1 amide bonds. The van der Waals surface area contributed by atoms with Gasteiger partial charge in [-0.15, -0.1) is 5.10 Å². The summed E-state index contributed by atoms with van der Waals surface area (Å²) in [6, 6.07) is 13.5. The van der Waals surface area contributed by atoms with Crippen LogP contribution in [0.25, 0.3) is 16.7 Å². The van der Waals surface area contributed by atoms with Gasteiger partial charge in [0.2, 0.25) is 0 Å². The molecule has 0 spiro atoms. The van der Waals surface area contributed by atoms with Gasteiger partial charge in [0.15, 0.2) is 0 Å². The zero-order chi connectivity index (χ0) is 21.5. The van der Waals surface area contributed by atoms with Crippen LogP contribution in [0.3, 0.4) is 0 Å². The first kappa shape index (κ1) is 20.3. The molecule has 2 aromatic carbocycles. The minimum atomic E-state index is -0.225. The first-order valence-corrected chi connectivity index (χ1v) is 10.5. The number of rotatable bonds is 4. The number of hydrogen-bond acceptors (Lipinski definition) is 4. The van der Waals surface area contributed by atoms with Crippen molar-refractivity contribution in [3.8, 4) is 5.69 Å². The number of nitrogens with one attached hydrogen (secondary N) is 1. The Balaban J connectivity index is 1.61. The van der Waals surface area contributed by atoms with Gasteiger partial charge in [-0.1, -0.05) is 44.2 Å². The van der Waals surface area contributed by atoms with E-state index >= 15 is 0 Å². The van der Waals surface area contributed by atoms with Crippen molar-refractivity contribution in [3.05, 3.63) is 64.4 Å². The minimum Gasteiger partial charge on any atom is -0.321 e. The van der Waals surface area contributed by atoms with Gasteiger partial charge in [0.05, 0.1) is 38.8 Å². The summed E-state index contributed by atoms with van der Waals surface area (Å²) in [5.74, 6) is -0.225. The molecule has 2 aromatic heterocycles. The standard InChI is InChI=1S/C22H23BrN6O/c1-14-16(12-24-29(14)15-8-6-5-7-9-15)21(30)25-17-10-11-18-20(19(17)23)26-27-28(18)13-22(2,3)4/h5-12H,13H2,1-4H3,(H,25,30). The van der Waals surface area contributed by atoms with Gasteiger partial charge in [-0.2, -0.15) is 5.10 Å². The fourth-order valence-electron chi connectivity index (χ4n) is 3.32. The van der Waals surface area contributed by atoms with E-state index in [4.69, 9.17) is 0 Å². The molecule has 0 aliphatic rings. The van der Waals surface area contributed by atoms with E-state index in [9.17, 15) is 4.79 Å². The highest BCUT2D eigenvalue weighted by molar-refractivity contribution is 9.10. The maximum atomic E-state index is 12.9. The summed E-state index contributed by atoms with van der Waals surface area (Å²) in [5.41, 5.74) is 4.55. The summed E-state index contributed by atoms with van der Waals surface area (Å²) in [4.78, 5) is 12.9. The van der Waals surface area contributed by atoms with Gasteiger partial charge in [-0.05, 0) is 52.5 Å². The second-order valence-corrected chi connectivity index (χ2v) is 9.24. The van der Waals surface area contributed by atoms with Crippen molar-refractivity contribution in [2.45, 2.75) is 34.2 Å². The Morgan fingerprint density at radius 3 is 2.57 bits per heavy atom. The third-order valence-electron chi connectivity index (χ3n) is 4.75. The fourth-order valence-corrected chi connectivity index (χ4v) is 3.83. The van der Waals surface area contributed by atoms with Crippen molar-refractivity contribution < 1.29 is 4.79 Å². The molecule has 8 heteroatoms. The van der Waals surface area contributed by atoms with Crippen molar-refractivity contribution in [1.82, 2.24) is 24.8 Å². The molecule has 154 valence electrons. The summed E-state index contributed by atoms with van der Waals surface area (Å²) in [7, 11) is 0. The Bertz CT molecular complexity index is 1220. The summed E-state index contributed by atoms with van der Waals surface area (Å²) in [5, 5.41) is 15.9. The first-order valence-electron chi connectivity index (χ1n) is 9.68. The molecule has 0 aliphatic carbocycles. The number of anilines is 1. The SMILES string of the molecule is Cc1c(C(=O)Nc2ccc3c(nnn3CC(C)(C)C)c2Br)cnn1-c1ccccc1. The molecule has 0 aliphatic heterocycles. The van der Waals surface area contributed by atoms with E-state index in [1.807, 2.05) is 54.1 Å². The second kappa shape index (κ2) is 7.68. The van der Waals surface area contributed by atoms with Crippen LogP contribution in [-0.4, -0.2) is 30.7 Å². The molecule has 30 heavy (non-hydrogen) atoms. The summed E-state index contributed by atoms with van der Waals surface area (Å²) < 4.78 is 4.35. The van der Waals surface area contributed by atoms with Crippen LogP contribution in [0, 0.1) is 12.3 Å². The zero-order valence-electron chi connectivity index (χ0n) is 17.3. The molecule has 1 N–H and O–H groups in total. The van der Waals surface area contributed by atoms with E-state index in [0.717, 1.165) is 23.4 Å². The molecule has 7 nitrogen and oxygen atoms in total. The van der Waals surface area contributed by atoms with Crippen LogP contribution in [0.5, 0.6) is 0 Å². The number of carbonyl (C=O) groups is 1. The fraction of sp³-hybridized carbons (Fsp3) is 0.273. The molecule has 0 saturated heterocycles. The quantitative estimate of drug-likeness (QED) is 0.459.